The molecule has 0 atom stereocenters. The molecular weight excluding hydrogens is 326 g/mol. The molecule has 2 aromatic rings. The van der Waals surface area contributed by atoms with Crippen LogP contribution in [-0.4, -0.2) is 10.8 Å². The maximum atomic E-state index is 12.1. The standard InChI is InChI=1S/C18H20BrNO/c1-2-3-4-14-5-7-15(8-6-14)11-18(21)12-17-10-9-16(19)13-20-17/h5-10,13H,2-4,11-12H2,1H3. The van der Waals surface area contributed by atoms with Crippen molar-refractivity contribution in [1.82, 2.24) is 4.98 Å². The van der Waals surface area contributed by atoms with E-state index in [4.69, 9.17) is 0 Å². The lowest BCUT2D eigenvalue weighted by Crippen LogP contribution is -2.07. The Morgan fingerprint density at radius 3 is 2.38 bits per heavy atom. The number of hydrogen-bond acceptors (Lipinski definition) is 2. The number of aryl methyl sites for hydroxylation is 1. The fourth-order valence-corrected chi connectivity index (χ4v) is 2.44. The molecule has 110 valence electrons. The second kappa shape index (κ2) is 8.08. The van der Waals surface area contributed by atoms with E-state index in [0.717, 1.165) is 22.2 Å². The van der Waals surface area contributed by atoms with Gasteiger partial charge in [-0.2, -0.15) is 0 Å². The molecule has 2 rings (SSSR count). The van der Waals surface area contributed by atoms with Crippen LogP contribution in [0.3, 0.4) is 0 Å². The maximum absolute atomic E-state index is 12.1. The number of unbranched alkanes of at least 4 members (excludes halogenated alkanes) is 1. The highest BCUT2D eigenvalue weighted by molar-refractivity contribution is 9.10. The number of pyridine rings is 1. The minimum atomic E-state index is 0.200. The van der Waals surface area contributed by atoms with Crippen LogP contribution >= 0.6 is 15.9 Å². The Balaban J connectivity index is 1.88. The Hall–Kier alpha value is -1.48. The Labute approximate surface area is 134 Å². The van der Waals surface area contributed by atoms with Crippen LogP contribution in [0.15, 0.2) is 47.1 Å². The average molecular weight is 346 g/mol. The quantitative estimate of drug-likeness (QED) is 0.737. The molecule has 0 amide bonds. The predicted molar refractivity (Wildman–Crippen MR) is 89.4 cm³/mol. The zero-order chi connectivity index (χ0) is 15.1. The van der Waals surface area contributed by atoms with E-state index in [1.165, 1.54) is 18.4 Å². The molecule has 3 heteroatoms. The maximum Gasteiger partial charge on any atom is 0.143 e. The number of rotatable bonds is 7. The Morgan fingerprint density at radius 2 is 1.76 bits per heavy atom. The molecule has 0 aliphatic carbocycles. The molecule has 0 saturated carbocycles. The van der Waals surface area contributed by atoms with Gasteiger partial charge in [0.05, 0.1) is 0 Å². The first-order valence-electron chi connectivity index (χ1n) is 7.37. The molecule has 0 aliphatic heterocycles. The normalized spacial score (nSPS) is 10.6. The van der Waals surface area contributed by atoms with E-state index in [-0.39, 0.29) is 5.78 Å². The van der Waals surface area contributed by atoms with Gasteiger partial charge in [0.15, 0.2) is 0 Å². The summed E-state index contributed by atoms with van der Waals surface area (Å²) < 4.78 is 0.932. The highest BCUT2D eigenvalue weighted by atomic mass is 79.9. The lowest BCUT2D eigenvalue weighted by Gasteiger charge is -2.04. The number of Topliss-reactive ketones (excluding diaryl/α,β-unsaturated/α-hetero) is 1. The van der Waals surface area contributed by atoms with Gasteiger partial charge in [-0.15, -0.1) is 0 Å². The van der Waals surface area contributed by atoms with Crippen molar-refractivity contribution in [2.75, 3.05) is 0 Å². The number of carbonyl (C=O) groups is 1. The summed E-state index contributed by atoms with van der Waals surface area (Å²) in [5.74, 6) is 0.200. The topological polar surface area (TPSA) is 30.0 Å². The third kappa shape index (κ3) is 5.43. The lowest BCUT2D eigenvalue weighted by atomic mass is 10.0. The second-order valence-electron chi connectivity index (χ2n) is 5.28. The van der Waals surface area contributed by atoms with Gasteiger partial charge in [0.1, 0.15) is 5.78 Å². The van der Waals surface area contributed by atoms with Gasteiger partial charge in [0.2, 0.25) is 0 Å². The first-order valence-corrected chi connectivity index (χ1v) is 8.16. The summed E-state index contributed by atoms with van der Waals surface area (Å²) in [7, 11) is 0. The number of nitrogens with zero attached hydrogens (tertiary/aromatic N) is 1. The molecule has 21 heavy (non-hydrogen) atoms. The van der Waals surface area contributed by atoms with Crippen molar-refractivity contribution >= 4 is 21.7 Å². The van der Waals surface area contributed by atoms with Gasteiger partial charge in [0.25, 0.3) is 0 Å². The van der Waals surface area contributed by atoms with Gasteiger partial charge < -0.3 is 0 Å². The van der Waals surface area contributed by atoms with Gasteiger partial charge >= 0.3 is 0 Å². The van der Waals surface area contributed by atoms with E-state index in [1.807, 2.05) is 12.1 Å². The molecule has 0 bridgehead atoms. The molecule has 0 aliphatic rings. The zero-order valence-electron chi connectivity index (χ0n) is 12.3. The summed E-state index contributed by atoms with van der Waals surface area (Å²) in [4.78, 5) is 16.3. The Kier molecular flexibility index (Phi) is 6.12. The number of carbonyl (C=O) groups excluding carboxylic acids is 1. The van der Waals surface area contributed by atoms with E-state index >= 15 is 0 Å². The number of benzene rings is 1. The molecule has 0 radical (unpaired) electrons. The summed E-state index contributed by atoms with van der Waals surface area (Å²) in [5, 5.41) is 0. The van der Waals surface area contributed by atoms with Crippen LogP contribution in [0.2, 0.25) is 0 Å². The average Bonchev–Trinajstić information content (AvgIpc) is 2.49. The zero-order valence-corrected chi connectivity index (χ0v) is 13.9. The van der Waals surface area contributed by atoms with Crippen molar-refractivity contribution < 1.29 is 4.79 Å². The highest BCUT2D eigenvalue weighted by Gasteiger charge is 2.06. The number of hydrogen-bond donors (Lipinski definition) is 0. The molecule has 1 heterocycles. The molecule has 1 aromatic heterocycles. The van der Waals surface area contributed by atoms with Gasteiger partial charge in [-0.25, -0.2) is 0 Å². The van der Waals surface area contributed by atoms with E-state index in [0.29, 0.717) is 12.8 Å². The largest absolute Gasteiger partial charge is 0.299 e. The first kappa shape index (κ1) is 15.9. The summed E-state index contributed by atoms with van der Waals surface area (Å²) in [6.07, 6.45) is 6.14. The summed E-state index contributed by atoms with van der Waals surface area (Å²) in [6, 6.07) is 12.2. The lowest BCUT2D eigenvalue weighted by molar-refractivity contribution is -0.117. The minimum absolute atomic E-state index is 0.200. The summed E-state index contributed by atoms with van der Waals surface area (Å²) in [6.45, 7) is 2.20. The summed E-state index contributed by atoms with van der Waals surface area (Å²) >= 11 is 3.34. The summed E-state index contributed by atoms with van der Waals surface area (Å²) in [5.41, 5.74) is 3.25. The molecule has 0 N–H and O–H groups in total. The highest BCUT2D eigenvalue weighted by Crippen LogP contribution is 2.11. The smallest absolute Gasteiger partial charge is 0.143 e. The SMILES string of the molecule is CCCCc1ccc(CC(=O)Cc2ccc(Br)cn2)cc1. The van der Waals surface area contributed by atoms with Crippen molar-refractivity contribution in [2.45, 2.75) is 39.0 Å². The monoisotopic (exact) mass is 345 g/mol. The second-order valence-corrected chi connectivity index (χ2v) is 6.20. The molecule has 1 aromatic carbocycles. The first-order chi connectivity index (χ1) is 10.2. The number of ketones is 1. The van der Waals surface area contributed by atoms with Crippen LogP contribution in [0, 0.1) is 0 Å². The van der Waals surface area contributed by atoms with Crippen LogP contribution in [-0.2, 0) is 24.1 Å². The molecular formula is C18H20BrNO. The Morgan fingerprint density at radius 1 is 1.05 bits per heavy atom. The van der Waals surface area contributed by atoms with E-state index in [9.17, 15) is 4.79 Å². The van der Waals surface area contributed by atoms with E-state index in [1.54, 1.807) is 6.20 Å². The van der Waals surface area contributed by atoms with Crippen LogP contribution in [0.4, 0.5) is 0 Å². The molecule has 0 spiro atoms. The number of aromatic nitrogens is 1. The van der Waals surface area contributed by atoms with E-state index in [2.05, 4.69) is 52.1 Å². The van der Waals surface area contributed by atoms with Crippen molar-refractivity contribution in [3.05, 3.63) is 63.9 Å². The molecule has 0 fully saturated rings. The fourth-order valence-electron chi connectivity index (χ4n) is 2.21. The third-order valence-electron chi connectivity index (χ3n) is 3.41. The predicted octanol–water partition coefficient (Wildman–Crippen LogP) is 4.54. The van der Waals surface area contributed by atoms with Crippen LogP contribution in [0.5, 0.6) is 0 Å². The molecule has 0 unspecified atom stereocenters. The number of halogens is 1. The van der Waals surface area contributed by atoms with Gasteiger partial charge in [-0.3, -0.25) is 9.78 Å². The van der Waals surface area contributed by atoms with Gasteiger partial charge in [-0.05, 0) is 52.0 Å². The minimum Gasteiger partial charge on any atom is -0.299 e. The molecule has 0 saturated heterocycles. The third-order valence-corrected chi connectivity index (χ3v) is 3.88. The van der Waals surface area contributed by atoms with Crippen LogP contribution in [0.25, 0.3) is 0 Å². The Bertz CT molecular complexity index is 575. The van der Waals surface area contributed by atoms with Crippen molar-refractivity contribution in [3.8, 4) is 0 Å². The van der Waals surface area contributed by atoms with Crippen molar-refractivity contribution in [1.29, 1.82) is 0 Å². The van der Waals surface area contributed by atoms with Crippen LogP contribution < -0.4 is 0 Å². The van der Waals surface area contributed by atoms with Crippen molar-refractivity contribution in [2.24, 2.45) is 0 Å². The fraction of sp³-hybridized carbons (Fsp3) is 0.333. The molecule has 2 nitrogen and oxygen atoms in total. The van der Waals surface area contributed by atoms with E-state index < -0.39 is 0 Å². The van der Waals surface area contributed by atoms with Crippen molar-refractivity contribution in [3.63, 3.8) is 0 Å². The van der Waals surface area contributed by atoms with Crippen LogP contribution in [0.1, 0.15) is 36.6 Å². The van der Waals surface area contributed by atoms with Gasteiger partial charge in [-0.1, -0.05) is 37.6 Å². The van der Waals surface area contributed by atoms with Gasteiger partial charge in [0, 0.05) is 29.2 Å².